The lowest BCUT2D eigenvalue weighted by atomic mass is 10.2. The Kier molecular flexibility index (Phi) is 2.91. The molecule has 14 heavy (non-hydrogen) atoms. The largest absolute Gasteiger partial charge is 0.357 e. The van der Waals surface area contributed by atoms with E-state index in [0.29, 0.717) is 0 Å². The van der Waals surface area contributed by atoms with Crippen LogP contribution in [-0.2, 0) is 6.42 Å². The minimum absolute atomic E-state index is 0.918. The zero-order chi connectivity index (χ0) is 9.80. The maximum absolute atomic E-state index is 4.55. The number of aromatic nitrogens is 1. The molecule has 0 saturated carbocycles. The van der Waals surface area contributed by atoms with E-state index in [2.05, 4.69) is 28.2 Å². The highest BCUT2D eigenvalue weighted by atomic mass is 32.1. The van der Waals surface area contributed by atoms with E-state index >= 15 is 0 Å². The van der Waals surface area contributed by atoms with E-state index < -0.39 is 0 Å². The first-order valence-corrected chi connectivity index (χ1v) is 5.57. The summed E-state index contributed by atoms with van der Waals surface area (Å²) in [6, 6.07) is 10.3. The quantitative estimate of drug-likeness (QED) is 0.812. The van der Waals surface area contributed by atoms with E-state index in [4.69, 9.17) is 0 Å². The smallest absolute Gasteiger partial charge is 0.0988 e. The maximum Gasteiger partial charge on any atom is 0.0988 e. The van der Waals surface area contributed by atoms with Crippen molar-refractivity contribution in [2.75, 3.05) is 6.54 Å². The number of rotatable bonds is 3. The van der Waals surface area contributed by atoms with Gasteiger partial charge in [0.1, 0.15) is 0 Å². The predicted octanol–water partition coefficient (Wildman–Crippen LogP) is 1.59. The summed E-state index contributed by atoms with van der Waals surface area (Å²) in [7, 11) is 0. The fourth-order valence-electron chi connectivity index (χ4n) is 1.32. The summed E-state index contributed by atoms with van der Waals surface area (Å²) >= 11 is 1.72. The molecule has 0 fully saturated rings. The summed E-state index contributed by atoms with van der Waals surface area (Å²) in [5, 5.41) is 3.29. The highest BCUT2D eigenvalue weighted by molar-refractivity contribution is 7.09. The third-order valence-corrected chi connectivity index (χ3v) is 2.92. The van der Waals surface area contributed by atoms with Crippen molar-refractivity contribution in [1.29, 1.82) is 0 Å². The van der Waals surface area contributed by atoms with Gasteiger partial charge < -0.3 is 5.73 Å². The van der Waals surface area contributed by atoms with Crippen molar-refractivity contribution < 1.29 is 5.73 Å². The minimum atomic E-state index is 0.918. The van der Waals surface area contributed by atoms with Gasteiger partial charge in [-0.2, -0.15) is 0 Å². The molecule has 0 aliphatic heterocycles. The number of hydrogen-bond acceptors (Lipinski definition) is 2. The molecular weight excluding hydrogens is 192 g/mol. The zero-order valence-electron chi connectivity index (χ0n) is 7.94. The summed E-state index contributed by atoms with van der Waals surface area (Å²) in [6.07, 6.45) is 0.984. The van der Waals surface area contributed by atoms with Crippen LogP contribution in [0.3, 0.4) is 0 Å². The van der Waals surface area contributed by atoms with E-state index in [9.17, 15) is 0 Å². The Balaban J connectivity index is 2.25. The van der Waals surface area contributed by atoms with Crippen molar-refractivity contribution in [2.24, 2.45) is 0 Å². The molecule has 3 heteroatoms. The number of benzene rings is 1. The Bertz CT molecular complexity index is 395. The predicted molar refractivity (Wildman–Crippen MR) is 59.0 cm³/mol. The standard InChI is InChI=1S/C11H12N2S/c12-7-6-11-13-10(8-14-11)9-4-2-1-3-5-9/h1-5,8H,6-7,12H2/p+1. The van der Waals surface area contributed by atoms with Gasteiger partial charge in [0.25, 0.3) is 0 Å². The molecule has 0 bridgehead atoms. The second-order valence-electron chi connectivity index (χ2n) is 3.10. The fraction of sp³-hybridized carbons (Fsp3) is 0.182. The molecular formula is C11H13N2S+. The normalized spacial score (nSPS) is 10.4. The molecule has 2 aromatic rings. The highest BCUT2D eigenvalue weighted by Crippen LogP contribution is 2.21. The Morgan fingerprint density at radius 3 is 2.71 bits per heavy atom. The number of thiazole rings is 1. The number of quaternary nitrogens is 1. The maximum atomic E-state index is 4.55. The summed E-state index contributed by atoms with van der Waals surface area (Å²) in [5.41, 5.74) is 6.11. The van der Waals surface area contributed by atoms with Gasteiger partial charge in [0, 0.05) is 17.4 Å². The molecule has 0 atom stereocenters. The SMILES string of the molecule is [NH3+]CCc1nc(-c2ccccc2)cs1. The minimum Gasteiger partial charge on any atom is -0.357 e. The van der Waals surface area contributed by atoms with Gasteiger partial charge in [-0.3, -0.25) is 0 Å². The van der Waals surface area contributed by atoms with Crippen molar-refractivity contribution in [1.82, 2.24) is 4.98 Å². The van der Waals surface area contributed by atoms with Crippen molar-refractivity contribution in [2.45, 2.75) is 6.42 Å². The second-order valence-corrected chi connectivity index (χ2v) is 4.04. The third kappa shape index (κ3) is 2.00. The van der Waals surface area contributed by atoms with Gasteiger partial charge in [-0.05, 0) is 0 Å². The molecule has 1 heterocycles. The molecule has 0 aliphatic rings. The van der Waals surface area contributed by atoms with Crippen molar-refractivity contribution >= 4 is 11.3 Å². The van der Waals surface area contributed by atoms with Gasteiger partial charge in [0.2, 0.25) is 0 Å². The van der Waals surface area contributed by atoms with E-state index in [1.54, 1.807) is 11.3 Å². The summed E-state index contributed by atoms with van der Waals surface area (Å²) in [6.45, 7) is 0.918. The fourth-order valence-corrected chi connectivity index (χ4v) is 2.17. The van der Waals surface area contributed by atoms with Crippen LogP contribution in [0.1, 0.15) is 5.01 Å². The van der Waals surface area contributed by atoms with Crippen molar-refractivity contribution in [3.8, 4) is 11.3 Å². The summed E-state index contributed by atoms with van der Waals surface area (Å²) in [5.74, 6) is 0. The van der Waals surface area contributed by atoms with Crippen LogP contribution in [0.5, 0.6) is 0 Å². The molecule has 0 radical (unpaired) electrons. The Labute approximate surface area is 87.4 Å². The lowest BCUT2D eigenvalue weighted by Crippen LogP contribution is -2.51. The molecule has 0 saturated heterocycles. The van der Waals surface area contributed by atoms with Gasteiger partial charge in [-0.25, -0.2) is 4.98 Å². The molecule has 1 aromatic carbocycles. The topological polar surface area (TPSA) is 40.5 Å². The number of nitrogens with zero attached hydrogens (tertiary/aromatic N) is 1. The first kappa shape index (κ1) is 9.37. The van der Waals surface area contributed by atoms with E-state index in [0.717, 1.165) is 18.7 Å². The van der Waals surface area contributed by atoms with Gasteiger partial charge >= 0.3 is 0 Å². The summed E-state index contributed by atoms with van der Waals surface area (Å²) in [4.78, 5) is 4.55. The van der Waals surface area contributed by atoms with Gasteiger partial charge in [0.15, 0.2) is 0 Å². The molecule has 0 amide bonds. The monoisotopic (exact) mass is 205 g/mol. The lowest BCUT2D eigenvalue weighted by molar-refractivity contribution is -0.366. The Morgan fingerprint density at radius 2 is 2.00 bits per heavy atom. The average Bonchev–Trinajstić information content (AvgIpc) is 2.68. The Hall–Kier alpha value is -1.19. The molecule has 0 spiro atoms. The van der Waals surface area contributed by atoms with Crippen LogP contribution in [0.4, 0.5) is 0 Å². The molecule has 2 rings (SSSR count). The van der Waals surface area contributed by atoms with Crippen LogP contribution in [0, 0.1) is 0 Å². The van der Waals surface area contributed by atoms with Crippen LogP contribution < -0.4 is 5.73 Å². The van der Waals surface area contributed by atoms with Gasteiger partial charge in [-0.1, -0.05) is 30.3 Å². The van der Waals surface area contributed by atoms with Crippen molar-refractivity contribution in [3.63, 3.8) is 0 Å². The average molecular weight is 205 g/mol. The van der Waals surface area contributed by atoms with Crippen LogP contribution in [0.15, 0.2) is 35.7 Å². The van der Waals surface area contributed by atoms with Crippen LogP contribution in [0.2, 0.25) is 0 Å². The molecule has 0 unspecified atom stereocenters. The first-order valence-electron chi connectivity index (χ1n) is 4.69. The van der Waals surface area contributed by atoms with Crippen LogP contribution >= 0.6 is 11.3 Å². The molecule has 72 valence electrons. The van der Waals surface area contributed by atoms with Crippen LogP contribution in [0.25, 0.3) is 11.3 Å². The van der Waals surface area contributed by atoms with E-state index in [1.165, 1.54) is 10.6 Å². The third-order valence-electron chi connectivity index (χ3n) is 2.01. The lowest BCUT2D eigenvalue weighted by Gasteiger charge is -1.93. The second kappa shape index (κ2) is 4.35. The Morgan fingerprint density at radius 1 is 1.21 bits per heavy atom. The summed E-state index contributed by atoms with van der Waals surface area (Å²) < 4.78 is 0. The van der Waals surface area contributed by atoms with E-state index in [1.807, 2.05) is 18.2 Å². The van der Waals surface area contributed by atoms with Crippen LogP contribution in [-0.4, -0.2) is 11.5 Å². The van der Waals surface area contributed by atoms with Gasteiger partial charge in [0.05, 0.1) is 17.2 Å². The number of hydrogen-bond donors (Lipinski definition) is 1. The van der Waals surface area contributed by atoms with E-state index in [-0.39, 0.29) is 0 Å². The molecule has 3 N–H and O–H groups in total. The molecule has 1 aromatic heterocycles. The molecule has 2 nitrogen and oxygen atoms in total. The zero-order valence-corrected chi connectivity index (χ0v) is 8.76. The highest BCUT2D eigenvalue weighted by Gasteiger charge is 2.03. The van der Waals surface area contributed by atoms with Gasteiger partial charge in [-0.15, -0.1) is 11.3 Å². The van der Waals surface area contributed by atoms with Crippen molar-refractivity contribution in [3.05, 3.63) is 40.7 Å². The first-order chi connectivity index (χ1) is 6.90. The molecule has 0 aliphatic carbocycles.